The second-order valence-corrected chi connectivity index (χ2v) is 9.82. The van der Waals surface area contributed by atoms with Gasteiger partial charge in [-0.25, -0.2) is 4.68 Å². The maximum atomic E-state index is 5.79. The second kappa shape index (κ2) is 8.01. The van der Waals surface area contributed by atoms with Crippen LogP contribution in [0.3, 0.4) is 0 Å². The molecular formula is C25H38N4O. The Kier molecular flexibility index (Phi) is 5.71. The molecule has 1 fully saturated rings. The van der Waals surface area contributed by atoms with E-state index in [1.165, 1.54) is 16.9 Å². The van der Waals surface area contributed by atoms with Crippen LogP contribution in [0, 0.1) is 6.92 Å². The Morgan fingerprint density at radius 1 is 1.13 bits per heavy atom. The summed E-state index contributed by atoms with van der Waals surface area (Å²) in [4.78, 5) is 2.66. The van der Waals surface area contributed by atoms with Crippen LogP contribution in [-0.2, 0) is 16.8 Å². The molecule has 1 aromatic heterocycles. The topological polar surface area (TPSA) is 42.3 Å². The van der Waals surface area contributed by atoms with Gasteiger partial charge in [0.15, 0.2) is 0 Å². The summed E-state index contributed by atoms with van der Waals surface area (Å²) >= 11 is 0. The molecule has 5 heteroatoms. The number of fused-ring (bicyclic) bond motifs is 1. The lowest BCUT2D eigenvalue weighted by molar-refractivity contribution is 0.106. The van der Waals surface area contributed by atoms with E-state index in [0.717, 1.165) is 44.5 Å². The molecule has 2 atom stereocenters. The van der Waals surface area contributed by atoms with Gasteiger partial charge in [-0.05, 0) is 52.0 Å². The summed E-state index contributed by atoms with van der Waals surface area (Å²) in [5.74, 6) is 1.19. The van der Waals surface area contributed by atoms with Crippen molar-refractivity contribution in [1.82, 2.24) is 14.7 Å². The molecule has 0 unspecified atom stereocenters. The number of anilines is 1. The summed E-state index contributed by atoms with van der Waals surface area (Å²) in [5, 5.41) is 8.87. The molecule has 0 spiro atoms. The molecule has 0 bridgehead atoms. The normalized spacial score (nSPS) is 25.1. The first kappa shape index (κ1) is 21.4. The fourth-order valence-corrected chi connectivity index (χ4v) is 5.65. The lowest BCUT2D eigenvalue weighted by atomic mass is 9.88. The SMILES string of the molecule is CCC1(CC)C[C@@H](OC)CN1Cc1c(C)nn2c1N[C@@H](c1ccccc1)CC2(C)C. The highest BCUT2D eigenvalue weighted by atomic mass is 16.5. The number of rotatable bonds is 6. The average Bonchev–Trinajstić information content (AvgIpc) is 3.27. The van der Waals surface area contributed by atoms with Crippen LogP contribution >= 0.6 is 0 Å². The third-order valence-electron chi connectivity index (χ3n) is 7.68. The third kappa shape index (κ3) is 3.56. The van der Waals surface area contributed by atoms with Gasteiger partial charge in [-0.15, -0.1) is 0 Å². The van der Waals surface area contributed by atoms with Crippen molar-refractivity contribution in [3.8, 4) is 0 Å². The van der Waals surface area contributed by atoms with E-state index in [0.29, 0.717) is 12.1 Å². The van der Waals surface area contributed by atoms with Crippen molar-refractivity contribution in [2.75, 3.05) is 19.0 Å². The molecule has 3 heterocycles. The first-order chi connectivity index (χ1) is 14.3. The molecule has 1 N–H and O–H groups in total. The highest BCUT2D eigenvalue weighted by molar-refractivity contribution is 5.52. The van der Waals surface area contributed by atoms with Crippen LogP contribution in [0.4, 0.5) is 5.82 Å². The predicted molar refractivity (Wildman–Crippen MR) is 123 cm³/mol. The van der Waals surface area contributed by atoms with Crippen LogP contribution in [0.1, 0.15) is 76.2 Å². The number of hydrogen-bond donors (Lipinski definition) is 1. The van der Waals surface area contributed by atoms with Gasteiger partial charge in [-0.1, -0.05) is 44.2 Å². The zero-order valence-corrected chi connectivity index (χ0v) is 19.5. The van der Waals surface area contributed by atoms with E-state index in [1.807, 2.05) is 7.11 Å². The number of likely N-dealkylation sites (tertiary alicyclic amines) is 1. The van der Waals surface area contributed by atoms with Crippen molar-refractivity contribution >= 4 is 5.82 Å². The molecule has 1 saturated heterocycles. The standard InChI is InChI=1S/C25H38N4O/c1-7-25(8-2)14-20(30-6)16-28(25)17-21-18(3)27-29-23(21)26-22(15-24(29,4)5)19-12-10-9-11-13-19/h9-13,20,22,26H,7-8,14-17H2,1-6H3/t20-,22-/m1/s1. The fraction of sp³-hybridized carbons (Fsp3) is 0.640. The van der Waals surface area contributed by atoms with Gasteiger partial charge in [-0.3, -0.25) is 4.90 Å². The molecule has 2 aliphatic rings. The Morgan fingerprint density at radius 2 is 1.83 bits per heavy atom. The van der Waals surface area contributed by atoms with E-state index in [4.69, 9.17) is 9.84 Å². The van der Waals surface area contributed by atoms with Crippen LogP contribution in [0.2, 0.25) is 0 Å². The Labute approximate surface area is 181 Å². The lowest BCUT2D eigenvalue weighted by Crippen LogP contribution is -2.42. The number of benzene rings is 1. The molecule has 164 valence electrons. The number of aryl methyl sites for hydroxylation is 1. The lowest BCUT2D eigenvalue weighted by Gasteiger charge is -2.40. The summed E-state index contributed by atoms with van der Waals surface area (Å²) in [6.07, 6.45) is 4.76. The van der Waals surface area contributed by atoms with Gasteiger partial charge in [-0.2, -0.15) is 5.10 Å². The Morgan fingerprint density at radius 3 is 2.47 bits per heavy atom. The van der Waals surface area contributed by atoms with Crippen LogP contribution < -0.4 is 5.32 Å². The monoisotopic (exact) mass is 410 g/mol. The largest absolute Gasteiger partial charge is 0.380 e. The first-order valence-electron chi connectivity index (χ1n) is 11.5. The summed E-state index contributed by atoms with van der Waals surface area (Å²) in [6, 6.07) is 11.1. The maximum absolute atomic E-state index is 5.79. The molecule has 0 aliphatic carbocycles. The quantitative estimate of drug-likeness (QED) is 0.705. The van der Waals surface area contributed by atoms with Gasteiger partial charge in [0.05, 0.1) is 23.4 Å². The van der Waals surface area contributed by atoms with E-state index in [1.54, 1.807) is 0 Å². The number of nitrogens with zero attached hydrogens (tertiary/aromatic N) is 3. The van der Waals surface area contributed by atoms with E-state index < -0.39 is 0 Å². The van der Waals surface area contributed by atoms with Crippen molar-refractivity contribution in [3.05, 3.63) is 47.2 Å². The Bertz CT molecular complexity index is 869. The molecule has 1 aromatic carbocycles. The minimum atomic E-state index is -0.0310. The number of aromatic nitrogens is 2. The molecule has 4 rings (SSSR count). The van der Waals surface area contributed by atoms with Gasteiger partial charge < -0.3 is 10.1 Å². The molecule has 2 aliphatic heterocycles. The molecule has 0 saturated carbocycles. The zero-order valence-electron chi connectivity index (χ0n) is 19.5. The first-order valence-corrected chi connectivity index (χ1v) is 11.5. The highest BCUT2D eigenvalue weighted by Gasteiger charge is 2.44. The Balaban J connectivity index is 1.69. The second-order valence-electron chi connectivity index (χ2n) is 9.82. The smallest absolute Gasteiger partial charge is 0.130 e. The van der Waals surface area contributed by atoms with Gasteiger partial charge in [0.1, 0.15) is 5.82 Å². The van der Waals surface area contributed by atoms with Gasteiger partial charge in [0.2, 0.25) is 0 Å². The molecular weight excluding hydrogens is 372 g/mol. The van der Waals surface area contributed by atoms with Crippen LogP contribution in [-0.4, -0.2) is 40.0 Å². The number of nitrogens with one attached hydrogen (secondary N) is 1. The minimum Gasteiger partial charge on any atom is -0.380 e. The minimum absolute atomic E-state index is 0.0310. The van der Waals surface area contributed by atoms with Crippen molar-refractivity contribution in [3.63, 3.8) is 0 Å². The van der Waals surface area contributed by atoms with Gasteiger partial charge in [0, 0.05) is 31.3 Å². The molecule has 30 heavy (non-hydrogen) atoms. The van der Waals surface area contributed by atoms with E-state index in [-0.39, 0.29) is 11.1 Å². The number of methoxy groups -OCH3 is 1. The van der Waals surface area contributed by atoms with Gasteiger partial charge in [0.25, 0.3) is 0 Å². The molecule has 5 nitrogen and oxygen atoms in total. The number of hydrogen-bond acceptors (Lipinski definition) is 4. The van der Waals surface area contributed by atoms with Crippen molar-refractivity contribution in [1.29, 1.82) is 0 Å². The molecule has 0 amide bonds. The Hall–Kier alpha value is -1.85. The van der Waals surface area contributed by atoms with E-state index in [2.05, 4.69) is 79.8 Å². The van der Waals surface area contributed by atoms with Crippen molar-refractivity contribution < 1.29 is 4.74 Å². The molecule has 0 radical (unpaired) electrons. The summed E-state index contributed by atoms with van der Waals surface area (Å²) < 4.78 is 8.03. The van der Waals surface area contributed by atoms with Crippen molar-refractivity contribution in [2.45, 2.75) is 90.1 Å². The molecule has 2 aromatic rings. The summed E-state index contributed by atoms with van der Waals surface area (Å²) in [6.45, 7) is 13.3. The van der Waals surface area contributed by atoms with Crippen LogP contribution in [0.15, 0.2) is 30.3 Å². The van der Waals surface area contributed by atoms with E-state index >= 15 is 0 Å². The van der Waals surface area contributed by atoms with Gasteiger partial charge >= 0.3 is 0 Å². The van der Waals surface area contributed by atoms with Crippen LogP contribution in [0.25, 0.3) is 0 Å². The third-order valence-corrected chi connectivity index (χ3v) is 7.68. The van der Waals surface area contributed by atoms with E-state index in [9.17, 15) is 0 Å². The zero-order chi connectivity index (χ0) is 21.5. The fourth-order valence-electron chi connectivity index (χ4n) is 5.65. The van der Waals surface area contributed by atoms with Crippen molar-refractivity contribution in [2.24, 2.45) is 0 Å². The average molecular weight is 411 g/mol. The highest BCUT2D eigenvalue weighted by Crippen LogP contribution is 2.43. The number of ether oxygens (including phenoxy) is 1. The maximum Gasteiger partial charge on any atom is 0.130 e. The van der Waals surface area contributed by atoms with Crippen LogP contribution in [0.5, 0.6) is 0 Å². The summed E-state index contributed by atoms with van der Waals surface area (Å²) in [7, 11) is 1.85. The predicted octanol–water partition coefficient (Wildman–Crippen LogP) is 5.26. The summed E-state index contributed by atoms with van der Waals surface area (Å²) in [5.41, 5.74) is 4.01.